The van der Waals surface area contributed by atoms with E-state index < -0.39 is 0 Å². The first-order valence-corrected chi connectivity index (χ1v) is 5.08. The van der Waals surface area contributed by atoms with Crippen LogP contribution in [0.25, 0.3) is 0 Å². The molecule has 4 nitrogen and oxygen atoms in total. The molecule has 0 aliphatic carbocycles. The zero-order valence-electron chi connectivity index (χ0n) is 8.77. The van der Waals surface area contributed by atoms with Crippen LogP contribution in [-0.2, 0) is 6.42 Å². The third-order valence-corrected chi connectivity index (χ3v) is 3.08. The SMILES string of the molecule is CN1CCc2cc(O)c(O)cc2C1CN. The number of likely N-dealkylation sites (N-methyl/N-ethyl adjacent to an activating group) is 1. The van der Waals surface area contributed by atoms with E-state index >= 15 is 0 Å². The Morgan fingerprint density at radius 3 is 2.73 bits per heavy atom. The van der Waals surface area contributed by atoms with Crippen molar-refractivity contribution in [3.8, 4) is 11.5 Å². The number of nitrogens with two attached hydrogens (primary N) is 1. The van der Waals surface area contributed by atoms with Gasteiger partial charge in [0.25, 0.3) is 0 Å². The fraction of sp³-hybridized carbons (Fsp3) is 0.455. The second-order valence-corrected chi connectivity index (χ2v) is 4.02. The summed E-state index contributed by atoms with van der Waals surface area (Å²) in [6, 6.07) is 3.40. The number of rotatable bonds is 1. The average Bonchev–Trinajstić information content (AvgIpc) is 2.21. The summed E-state index contributed by atoms with van der Waals surface area (Å²) in [6.45, 7) is 1.45. The molecule has 1 heterocycles. The molecular weight excluding hydrogens is 192 g/mol. The minimum absolute atomic E-state index is 0.0472. The van der Waals surface area contributed by atoms with Gasteiger partial charge in [0, 0.05) is 19.1 Å². The number of benzene rings is 1. The molecule has 0 saturated carbocycles. The number of aromatic hydroxyl groups is 2. The Balaban J connectivity index is 2.48. The Labute approximate surface area is 88.9 Å². The predicted octanol–water partition coefficient (Wildman–Crippen LogP) is 0.586. The lowest BCUT2D eigenvalue weighted by Crippen LogP contribution is -2.36. The van der Waals surface area contributed by atoms with Crippen LogP contribution in [0.3, 0.4) is 0 Å². The van der Waals surface area contributed by atoms with Gasteiger partial charge >= 0.3 is 0 Å². The highest BCUT2D eigenvalue weighted by Gasteiger charge is 2.24. The van der Waals surface area contributed by atoms with Crippen LogP contribution in [0, 0.1) is 0 Å². The standard InChI is InChI=1S/C11H16N2O2/c1-13-3-2-7-4-10(14)11(15)5-8(7)9(13)6-12/h4-5,9,14-15H,2-3,6,12H2,1H3. The number of phenols is 2. The van der Waals surface area contributed by atoms with Crippen molar-refractivity contribution in [2.24, 2.45) is 5.73 Å². The highest BCUT2D eigenvalue weighted by molar-refractivity contribution is 5.47. The van der Waals surface area contributed by atoms with Crippen molar-refractivity contribution in [3.63, 3.8) is 0 Å². The van der Waals surface area contributed by atoms with Crippen molar-refractivity contribution < 1.29 is 10.2 Å². The van der Waals surface area contributed by atoms with Gasteiger partial charge in [-0.1, -0.05) is 0 Å². The molecule has 1 aliphatic heterocycles. The lowest BCUT2D eigenvalue weighted by Gasteiger charge is -2.33. The predicted molar refractivity (Wildman–Crippen MR) is 57.9 cm³/mol. The van der Waals surface area contributed by atoms with Gasteiger partial charge in [0.05, 0.1) is 0 Å². The number of phenolic OH excluding ortho intramolecular Hbond substituents is 2. The van der Waals surface area contributed by atoms with Crippen LogP contribution in [0.1, 0.15) is 17.2 Å². The molecule has 0 amide bonds. The maximum absolute atomic E-state index is 9.47. The molecule has 0 fully saturated rings. The van der Waals surface area contributed by atoms with Gasteiger partial charge in [0.1, 0.15) is 0 Å². The van der Waals surface area contributed by atoms with Crippen molar-refractivity contribution in [3.05, 3.63) is 23.3 Å². The quantitative estimate of drug-likeness (QED) is 0.591. The molecule has 1 unspecified atom stereocenters. The van der Waals surface area contributed by atoms with Crippen molar-refractivity contribution in [1.82, 2.24) is 4.90 Å². The molecule has 1 aromatic rings. The number of hydrogen-bond donors (Lipinski definition) is 3. The molecule has 4 heteroatoms. The van der Waals surface area contributed by atoms with Crippen LogP contribution >= 0.6 is 0 Å². The smallest absolute Gasteiger partial charge is 0.157 e. The maximum atomic E-state index is 9.47. The fourth-order valence-corrected chi connectivity index (χ4v) is 2.16. The minimum Gasteiger partial charge on any atom is -0.504 e. The molecule has 0 spiro atoms. The van der Waals surface area contributed by atoms with Crippen LogP contribution < -0.4 is 5.73 Å². The minimum atomic E-state index is -0.0671. The van der Waals surface area contributed by atoms with E-state index in [1.165, 1.54) is 0 Å². The Hall–Kier alpha value is -1.26. The van der Waals surface area contributed by atoms with Gasteiger partial charge in [-0.25, -0.2) is 0 Å². The monoisotopic (exact) mass is 208 g/mol. The van der Waals surface area contributed by atoms with E-state index in [0.29, 0.717) is 6.54 Å². The summed E-state index contributed by atoms with van der Waals surface area (Å²) in [7, 11) is 2.02. The lowest BCUT2D eigenvalue weighted by molar-refractivity contribution is 0.235. The highest BCUT2D eigenvalue weighted by atomic mass is 16.3. The van der Waals surface area contributed by atoms with Gasteiger partial charge < -0.3 is 15.9 Å². The van der Waals surface area contributed by atoms with Crippen LogP contribution in [-0.4, -0.2) is 35.3 Å². The average molecular weight is 208 g/mol. The van der Waals surface area contributed by atoms with E-state index in [2.05, 4.69) is 4.90 Å². The highest BCUT2D eigenvalue weighted by Crippen LogP contribution is 2.35. The maximum Gasteiger partial charge on any atom is 0.157 e. The van der Waals surface area contributed by atoms with Gasteiger partial charge in [0.2, 0.25) is 0 Å². The Morgan fingerprint density at radius 2 is 2.07 bits per heavy atom. The second-order valence-electron chi connectivity index (χ2n) is 4.02. The molecule has 0 aromatic heterocycles. The van der Waals surface area contributed by atoms with Crippen molar-refractivity contribution in [1.29, 1.82) is 0 Å². The third-order valence-electron chi connectivity index (χ3n) is 3.08. The number of nitrogens with zero attached hydrogens (tertiary/aromatic N) is 1. The molecule has 4 N–H and O–H groups in total. The zero-order valence-corrected chi connectivity index (χ0v) is 8.77. The molecule has 0 saturated heterocycles. The summed E-state index contributed by atoms with van der Waals surface area (Å²) in [5.41, 5.74) is 7.82. The van der Waals surface area contributed by atoms with Crippen LogP contribution in [0.5, 0.6) is 11.5 Å². The van der Waals surface area contributed by atoms with Gasteiger partial charge in [0.15, 0.2) is 11.5 Å². The lowest BCUT2D eigenvalue weighted by atomic mass is 9.92. The van der Waals surface area contributed by atoms with E-state index in [-0.39, 0.29) is 17.5 Å². The van der Waals surface area contributed by atoms with Gasteiger partial charge in [-0.2, -0.15) is 0 Å². The molecule has 1 atom stereocenters. The summed E-state index contributed by atoms with van der Waals surface area (Å²) < 4.78 is 0. The van der Waals surface area contributed by atoms with E-state index in [1.54, 1.807) is 12.1 Å². The van der Waals surface area contributed by atoms with Crippen LogP contribution in [0.15, 0.2) is 12.1 Å². The van der Waals surface area contributed by atoms with Crippen molar-refractivity contribution in [2.75, 3.05) is 20.1 Å². The third kappa shape index (κ3) is 1.66. The van der Waals surface area contributed by atoms with Crippen LogP contribution in [0.4, 0.5) is 0 Å². The molecule has 0 bridgehead atoms. The van der Waals surface area contributed by atoms with E-state index in [9.17, 15) is 10.2 Å². The second kappa shape index (κ2) is 3.72. The first-order valence-electron chi connectivity index (χ1n) is 5.08. The fourth-order valence-electron chi connectivity index (χ4n) is 2.16. The Morgan fingerprint density at radius 1 is 1.40 bits per heavy atom. The molecule has 0 radical (unpaired) electrons. The summed E-state index contributed by atoms with van der Waals surface area (Å²) in [5, 5.41) is 18.9. The molecule has 15 heavy (non-hydrogen) atoms. The first-order chi connectivity index (χ1) is 7.13. The summed E-state index contributed by atoms with van der Waals surface area (Å²) in [6.07, 6.45) is 0.885. The molecular formula is C11H16N2O2. The topological polar surface area (TPSA) is 69.7 Å². The van der Waals surface area contributed by atoms with Gasteiger partial charge in [-0.3, -0.25) is 4.90 Å². The van der Waals surface area contributed by atoms with E-state index in [1.807, 2.05) is 7.05 Å². The number of fused-ring (bicyclic) bond motifs is 1. The summed E-state index contributed by atoms with van der Waals surface area (Å²) >= 11 is 0. The van der Waals surface area contributed by atoms with Gasteiger partial charge in [-0.05, 0) is 36.7 Å². The van der Waals surface area contributed by atoms with Crippen molar-refractivity contribution >= 4 is 0 Å². The van der Waals surface area contributed by atoms with E-state index in [0.717, 1.165) is 24.1 Å². The van der Waals surface area contributed by atoms with Gasteiger partial charge in [-0.15, -0.1) is 0 Å². The Bertz CT molecular complexity index is 379. The number of hydrogen-bond acceptors (Lipinski definition) is 4. The molecule has 1 aliphatic rings. The normalized spacial score (nSPS) is 21.3. The molecule has 82 valence electrons. The van der Waals surface area contributed by atoms with Crippen molar-refractivity contribution in [2.45, 2.75) is 12.5 Å². The largest absolute Gasteiger partial charge is 0.504 e. The summed E-state index contributed by atoms with van der Waals surface area (Å²) in [5.74, 6) is -0.114. The molecule has 2 rings (SSSR count). The zero-order chi connectivity index (χ0) is 11.0. The van der Waals surface area contributed by atoms with E-state index in [4.69, 9.17) is 5.73 Å². The Kier molecular flexibility index (Phi) is 2.54. The summed E-state index contributed by atoms with van der Waals surface area (Å²) in [4.78, 5) is 2.17. The molecule has 1 aromatic carbocycles. The first kappa shape index (κ1) is 10.3. The van der Waals surface area contributed by atoms with Crippen LogP contribution in [0.2, 0.25) is 0 Å².